The SMILES string of the molecule is COc1ccc(NC(=O)C(C)(C#N)c2ccccc2)c(OC)c1. The summed E-state index contributed by atoms with van der Waals surface area (Å²) in [6.45, 7) is 1.59. The lowest BCUT2D eigenvalue weighted by molar-refractivity contribution is -0.119. The van der Waals surface area contributed by atoms with Gasteiger partial charge in [-0.1, -0.05) is 30.3 Å². The topological polar surface area (TPSA) is 71.3 Å². The zero-order valence-electron chi connectivity index (χ0n) is 13.3. The molecule has 0 radical (unpaired) electrons. The highest BCUT2D eigenvalue weighted by atomic mass is 16.5. The molecular weight excluding hydrogens is 292 g/mol. The van der Waals surface area contributed by atoms with E-state index in [1.165, 1.54) is 7.11 Å². The van der Waals surface area contributed by atoms with Gasteiger partial charge in [-0.25, -0.2) is 0 Å². The third kappa shape index (κ3) is 3.27. The molecule has 1 unspecified atom stereocenters. The highest BCUT2D eigenvalue weighted by molar-refractivity contribution is 6.02. The number of benzene rings is 2. The van der Waals surface area contributed by atoms with Gasteiger partial charge in [0.15, 0.2) is 5.41 Å². The first-order chi connectivity index (χ1) is 11.0. The molecule has 0 saturated carbocycles. The first kappa shape index (κ1) is 16.4. The molecule has 1 amide bonds. The molecule has 0 spiro atoms. The molecule has 5 heteroatoms. The van der Waals surface area contributed by atoms with Gasteiger partial charge in [-0.15, -0.1) is 0 Å². The number of hydrogen-bond acceptors (Lipinski definition) is 4. The Morgan fingerprint density at radius 3 is 2.39 bits per heavy atom. The van der Waals surface area contributed by atoms with Crippen LogP contribution in [-0.4, -0.2) is 20.1 Å². The molecule has 0 aliphatic heterocycles. The first-order valence-corrected chi connectivity index (χ1v) is 7.05. The van der Waals surface area contributed by atoms with Crippen LogP contribution in [0.25, 0.3) is 0 Å². The Morgan fingerprint density at radius 2 is 1.83 bits per heavy atom. The second-order valence-electron chi connectivity index (χ2n) is 5.12. The van der Waals surface area contributed by atoms with Gasteiger partial charge in [-0.05, 0) is 24.6 Å². The molecule has 1 atom stereocenters. The minimum Gasteiger partial charge on any atom is -0.497 e. The smallest absolute Gasteiger partial charge is 0.249 e. The number of methoxy groups -OCH3 is 2. The van der Waals surface area contributed by atoms with Gasteiger partial charge in [0.05, 0.1) is 26.0 Å². The van der Waals surface area contributed by atoms with Crippen molar-refractivity contribution in [1.29, 1.82) is 5.26 Å². The van der Waals surface area contributed by atoms with Crippen LogP contribution >= 0.6 is 0 Å². The Labute approximate surface area is 135 Å². The molecule has 2 aromatic rings. The first-order valence-electron chi connectivity index (χ1n) is 7.05. The average molecular weight is 310 g/mol. The molecule has 118 valence electrons. The third-order valence-electron chi connectivity index (χ3n) is 3.69. The van der Waals surface area contributed by atoms with Gasteiger partial charge >= 0.3 is 0 Å². The average Bonchev–Trinajstić information content (AvgIpc) is 2.61. The zero-order valence-corrected chi connectivity index (χ0v) is 13.3. The number of nitrogens with zero attached hydrogens (tertiary/aromatic N) is 1. The Balaban J connectivity index is 2.33. The lowest BCUT2D eigenvalue weighted by Gasteiger charge is -2.22. The summed E-state index contributed by atoms with van der Waals surface area (Å²) in [7, 11) is 3.06. The molecule has 23 heavy (non-hydrogen) atoms. The Kier molecular flexibility index (Phi) is 4.87. The number of carbonyl (C=O) groups is 1. The number of ether oxygens (including phenoxy) is 2. The fraction of sp³-hybridized carbons (Fsp3) is 0.222. The highest BCUT2D eigenvalue weighted by Crippen LogP contribution is 2.31. The molecule has 0 aliphatic carbocycles. The number of carbonyl (C=O) groups excluding carboxylic acids is 1. The molecule has 5 nitrogen and oxygen atoms in total. The van der Waals surface area contributed by atoms with E-state index in [1.54, 1.807) is 56.5 Å². The summed E-state index contributed by atoms with van der Waals surface area (Å²) in [6, 6.07) is 16.1. The zero-order chi connectivity index (χ0) is 16.9. The number of nitrogens with one attached hydrogen (secondary N) is 1. The minimum absolute atomic E-state index is 0.422. The fourth-order valence-corrected chi connectivity index (χ4v) is 2.17. The summed E-state index contributed by atoms with van der Waals surface area (Å²) >= 11 is 0. The van der Waals surface area contributed by atoms with Crippen molar-refractivity contribution in [3.05, 3.63) is 54.1 Å². The van der Waals surface area contributed by atoms with Crippen molar-refractivity contribution in [2.24, 2.45) is 0 Å². The van der Waals surface area contributed by atoms with Crippen molar-refractivity contribution in [3.63, 3.8) is 0 Å². The van der Waals surface area contributed by atoms with Crippen molar-refractivity contribution in [1.82, 2.24) is 0 Å². The van der Waals surface area contributed by atoms with E-state index in [0.717, 1.165) is 0 Å². The molecule has 0 heterocycles. The number of anilines is 1. The Morgan fingerprint density at radius 1 is 1.13 bits per heavy atom. The highest BCUT2D eigenvalue weighted by Gasteiger charge is 2.35. The van der Waals surface area contributed by atoms with Gasteiger partial charge in [0.2, 0.25) is 5.91 Å². The lowest BCUT2D eigenvalue weighted by atomic mass is 9.83. The van der Waals surface area contributed by atoms with E-state index >= 15 is 0 Å². The molecule has 2 rings (SSSR count). The van der Waals surface area contributed by atoms with E-state index in [4.69, 9.17) is 9.47 Å². The van der Waals surface area contributed by atoms with Gasteiger partial charge in [0.25, 0.3) is 0 Å². The van der Waals surface area contributed by atoms with Crippen molar-refractivity contribution in [3.8, 4) is 17.6 Å². The monoisotopic (exact) mass is 310 g/mol. The van der Waals surface area contributed by atoms with Crippen LogP contribution in [0.3, 0.4) is 0 Å². The van der Waals surface area contributed by atoms with Crippen LogP contribution in [0.4, 0.5) is 5.69 Å². The predicted octanol–water partition coefficient (Wildman–Crippen LogP) is 3.12. The van der Waals surface area contributed by atoms with Gasteiger partial charge in [-0.3, -0.25) is 4.79 Å². The number of nitriles is 1. The summed E-state index contributed by atoms with van der Waals surface area (Å²) in [5, 5.41) is 12.3. The van der Waals surface area contributed by atoms with Crippen molar-refractivity contribution >= 4 is 11.6 Å². The van der Waals surface area contributed by atoms with E-state index in [0.29, 0.717) is 22.7 Å². The number of hydrogen-bond donors (Lipinski definition) is 1. The summed E-state index contributed by atoms with van der Waals surface area (Å²) in [5.74, 6) is 0.659. The maximum absolute atomic E-state index is 12.7. The lowest BCUT2D eigenvalue weighted by Crippen LogP contribution is -2.36. The van der Waals surface area contributed by atoms with E-state index in [-0.39, 0.29) is 0 Å². The second kappa shape index (κ2) is 6.84. The van der Waals surface area contributed by atoms with Crippen molar-refractivity contribution in [2.75, 3.05) is 19.5 Å². The summed E-state index contributed by atoms with van der Waals surface area (Å²) in [4.78, 5) is 12.7. The fourth-order valence-electron chi connectivity index (χ4n) is 2.17. The van der Waals surface area contributed by atoms with Crippen LogP contribution in [0, 0.1) is 11.3 Å². The summed E-state index contributed by atoms with van der Waals surface area (Å²) in [6.07, 6.45) is 0. The number of amides is 1. The molecule has 1 N–H and O–H groups in total. The second-order valence-corrected chi connectivity index (χ2v) is 5.12. The van der Waals surface area contributed by atoms with E-state index < -0.39 is 11.3 Å². The van der Waals surface area contributed by atoms with Gasteiger partial charge < -0.3 is 14.8 Å². The van der Waals surface area contributed by atoms with Gasteiger partial charge in [-0.2, -0.15) is 5.26 Å². The normalized spacial score (nSPS) is 12.6. The van der Waals surface area contributed by atoms with Crippen LogP contribution in [0.2, 0.25) is 0 Å². The van der Waals surface area contributed by atoms with E-state index in [1.807, 2.05) is 6.07 Å². The largest absolute Gasteiger partial charge is 0.497 e. The molecule has 0 bridgehead atoms. The van der Waals surface area contributed by atoms with Crippen LogP contribution < -0.4 is 14.8 Å². The minimum atomic E-state index is -1.30. The molecular formula is C18H18N2O3. The van der Waals surface area contributed by atoms with Gasteiger partial charge in [0, 0.05) is 6.07 Å². The molecule has 0 aromatic heterocycles. The van der Waals surface area contributed by atoms with Crippen LogP contribution in [0.1, 0.15) is 12.5 Å². The standard InChI is InChI=1S/C18H18N2O3/c1-18(12-19,13-7-5-4-6-8-13)17(21)20-15-10-9-14(22-2)11-16(15)23-3/h4-11H,1-3H3,(H,20,21). The predicted molar refractivity (Wildman–Crippen MR) is 87.6 cm³/mol. The summed E-state index contributed by atoms with van der Waals surface area (Å²) < 4.78 is 10.4. The maximum Gasteiger partial charge on any atom is 0.249 e. The van der Waals surface area contributed by atoms with Crippen LogP contribution in [0.5, 0.6) is 11.5 Å². The number of rotatable bonds is 5. The maximum atomic E-state index is 12.7. The Bertz CT molecular complexity index is 738. The molecule has 0 fully saturated rings. The quantitative estimate of drug-likeness (QED) is 0.921. The van der Waals surface area contributed by atoms with Gasteiger partial charge in [0.1, 0.15) is 11.5 Å². The van der Waals surface area contributed by atoms with Crippen LogP contribution in [-0.2, 0) is 10.2 Å². The third-order valence-corrected chi connectivity index (χ3v) is 3.69. The molecule has 2 aromatic carbocycles. The van der Waals surface area contributed by atoms with Crippen molar-refractivity contribution < 1.29 is 14.3 Å². The van der Waals surface area contributed by atoms with Crippen LogP contribution in [0.15, 0.2) is 48.5 Å². The van der Waals surface area contributed by atoms with E-state index in [9.17, 15) is 10.1 Å². The molecule has 0 saturated heterocycles. The molecule has 0 aliphatic rings. The summed E-state index contributed by atoms with van der Waals surface area (Å²) in [5.41, 5.74) is -0.185. The van der Waals surface area contributed by atoms with E-state index in [2.05, 4.69) is 11.4 Å². The Hall–Kier alpha value is -3.00. The van der Waals surface area contributed by atoms with Crippen molar-refractivity contribution in [2.45, 2.75) is 12.3 Å².